The lowest BCUT2D eigenvalue weighted by Crippen LogP contribution is -2.21. The van der Waals surface area contributed by atoms with E-state index in [1.165, 1.54) is 0 Å². The summed E-state index contributed by atoms with van der Waals surface area (Å²) >= 11 is 0. The molecule has 0 bridgehead atoms. The summed E-state index contributed by atoms with van der Waals surface area (Å²) in [5.74, 6) is 0.882. The maximum Gasteiger partial charge on any atom is 0.248 e. The zero-order chi connectivity index (χ0) is 13.2. The van der Waals surface area contributed by atoms with E-state index in [1.54, 1.807) is 7.11 Å². The predicted molar refractivity (Wildman–Crippen MR) is 66.8 cm³/mol. The highest BCUT2D eigenvalue weighted by atomic mass is 16.5. The molecular formula is C13H17N3O2. The van der Waals surface area contributed by atoms with E-state index < -0.39 is 11.6 Å². The molecule has 1 unspecified atom stereocenters. The Morgan fingerprint density at radius 1 is 1.28 bits per heavy atom. The highest BCUT2D eigenvalue weighted by Crippen LogP contribution is 2.23. The van der Waals surface area contributed by atoms with Crippen LogP contribution in [0.25, 0.3) is 0 Å². The average molecular weight is 247 g/mol. The zero-order valence-corrected chi connectivity index (χ0v) is 10.8. The molecule has 2 N–H and O–H groups in total. The molecule has 0 amide bonds. The molecule has 0 radical (unpaired) electrons. The molecule has 0 fully saturated rings. The lowest BCUT2D eigenvalue weighted by atomic mass is 10.1. The zero-order valence-electron chi connectivity index (χ0n) is 10.8. The number of hydrogen-bond donors (Lipinski definition) is 1. The van der Waals surface area contributed by atoms with Crippen molar-refractivity contribution in [2.45, 2.75) is 25.5 Å². The molecule has 5 nitrogen and oxygen atoms in total. The van der Waals surface area contributed by atoms with Gasteiger partial charge in [0, 0.05) is 7.11 Å². The van der Waals surface area contributed by atoms with Gasteiger partial charge in [-0.1, -0.05) is 35.5 Å². The van der Waals surface area contributed by atoms with Crippen molar-refractivity contribution in [3.63, 3.8) is 0 Å². The van der Waals surface area contributed by atoms with Gasteiger partial charge in [-0.25, -0.2) is 0 Å². The Balaban J connectivity index is 2.26. The van der Waals surface area contributed by atoms with Gasteiger partial charge in [-0.15, -0.1) is 0 Å². The first-order valence-electron chi connectivity index (χ1n) is 5.74. The second kappa shape index (κ2) is 4.88. The molecule has 2 rings (SSSR count). The van der Waals surface area contributed by atoms with Gasteiger partial charge in [0.05, 0.1) is 0 Å². The van der Waals surface area contributed by atoms with E-state index in [-0.39, 0.29) is 0 Å². The molecular weight excluding hydrogens is 230 g/mol. The molecule has 0 aliphatic rings. The predicted octanol–water partition coefficient (Wildman–Crippen LogP) is 2.00. The first-order valence-corrected chi connectivity index (χ1v) is 5.74. The highest BCUT2D eigenvalue weighted by Gasteiger charge is 2.27. The molecule has 0 saturated heterocycles. The third-order valence-corrected chi connectivity index (χ3v) is 2.92. The van der Waals surface area contributed by atoms with Crippen LogP contribution in [-0.2, 0) is 10.3 Å². The number of nitrogens with two attached hydrogens (primary N) is 1. The number of rotatable bonds is 4. The smallest absolute Gasteiger partial charge is 0.248 e. The van der Waals surface area contributed by atoms with Gasteiger partial charge in [0.15, 0.2) is 0 Å². The fraction of sp³-hybridized carbons (Fsp3) is 0.385. The highest BCUT2D eigenvalue weighted by molar-refractivity contribution is 5.23. The van der Waals surface area contributed by atoms with Crippen LogP contribution in [0.5, 0.6) is 0 Å². The van der Waals surface area contributed by atoms with E-state index in [0.717, 1.165) is 5.56 Å². The van der Waals surface area contributed by atoms with Crippen molar-refractivity contribution < 1.29 is 9.26 Å². The number of hydrogen-bond acceptors (Lipinski definition) is 5. The van der Waals surface area contributed by atoms with Crippen molar-refractivity contribution in [2.75, 3.05) is 7.11 Å². The summed E-state index contributed by atoms with van der Waals surface area (Å²) in [5.41, 5.74) is 6.43. The van der Waals surface area contributed by atoms with Crippen LogP contribution in [0.1, 0.15) is 37.2 Å². The Kier molecular flexibility index (Phi) is 3.45. The van der Waals surface area contributed by atoms with Crippen molar-refractivity contribution in [2.24, 2.45) is 5.73 Å². The van der Waals surface area contributed by atoms with E-state index in [4.69, 9.17) is 15.0 Å². The molecule has 1 aromatic heterocycles. The van der Waals surface area contributed by atoms with Crippen molar-refractivity contribution >= 4 is 0 Å². The van der Waals surface area contributed by atoms with Gasteiger partial charge in [0.2, 0.25) is 11.7 Å². The first-order chi connectivity index (χ1) is 8.54. The molecule has 5 heteroatoms. The molecule has 1 heterocycles. The minimum absolute atomic E-state index is 0.390. The van der Waals surface area contributed by atoms with Gasteiger partial charge in [-0.05, 0) is 19.4 Å². The fourth-order valence-electron chi connectivity index (χ4n) is 1.50. The molecule has 18 heavy (non-hydrogen) atoms. The minimum atomic E-state index is -0.585. The van der Waals surface area contributed by atoms with Crippen molar-refractivity contribution in [1.29, 1.82) is 0 Å². The molecule has 0 aliphatic carbocycles. The standard InChI is InChI=1S/C13H17N3O2/c1-13(2,17-3)12-15-11(18-16-12)10(14)9-7-5-4-6-8-9/h4-8,10H,14H2,1-3H3. The number of ether oxygens (including phenoxy) is 1. The Morgan fingerprint density at radius 2 is 1.94 bits per heavy atom. The Hall–Kier alpha value is -1.72. The van der Waals surface area contributed by atoms with E-state index in [0.29, 0.717) is 11.7 Å². The van der Waals surface area contributed by atoms with Gasteiger partial charge < -0.3 is 15.0 Å². The van der Waals surface area contributed by atoms with Gasteiger partial charge in [-0.3, -0.25) is 0 Å². The summed E-state index contributed by atoms with van der Waals surface area (Å²) < 4.78 is 10.5. The summed E-state index contributed by atoms with van der Waals surface area (Å²) in [6, 6.07) is 9.22. The van der Waals surface area contributed by atoms with Crippen LogP contribution in [-0.4, -0.2) is 17.3 Å². The monoisotopic (exact) mass is 247 g/mol. The molecule has 96 valence electrons. The SMILES string of the molecule is COC(C)(C)c1noc(C(N)c2ccccc2)n1. The topological polar surface area (TPSA) is 74.2 Å². The second-order valence-electron chi connectivity index (χ2n) is 4.56. The molecule has 0 saturated carbocycles. The summed E-state index contributed by atoms with van der Waals surface area (Å²) in [7, 11) is 1.60. The van der Waals surface area contributed by atoms with Crippen LogP contribution in [0.2, 0.25) is 0 Å². The quantitative estimate of drug-likeness (QED) is 0.894. The largest absolute Gasteiger partial charge is 0.371 e. The molecule has 0 aliphatic heterocycles. The Bertz CT molecular complexity index is 508. The minimum Gasteiger partial charge on any atom is -0.371 e. The van der Waals surface area contributed by atoms with E-state index in [2.05, 4.69) is 10.1 Å². The Morgan fingerprint density at radius 3 is 2.56 bits per heavy atom. The summed E-state index contributed by atoms with van der Waals surface area (Å²) in [5, 5.41) is 3.91. The third kappa shape index (κ3) is 2.42. The van der Waals surface area contributed by atoms with Crippen LogP contribution in [0, 0.1) is 0 Å². The molecule has 0 spiro atoms. The molecule has 1 atom stereocenters. The summed E-state index contributed by atoms with van der Waals surface area (Å²) in [6.07, 6.45) is 0. The average Bonchev–Trinajstić information content (AvgIpc) is 2.89. The normalized spacial score (nSPS) is 13.6. The van der Waals surface area contributed by atoms with Crippen molar-refractivity contribution in [3.05, 3.63) is 47.6 Å². The van der Waals surface area contributed by atoms with Crippen LogP contribution in [0.4, 0.5) is 0 Å². The van der Waals surface area contributed by atoms with Gasteiger partial charge in [0.1, 0.15) is 11.6 Å². The second-order valence-corrected chi connectivity index (χ2v) is 4.56. The van der Waals surface area contributed by atoms with Crippen LogP contribution >= 0.6 is 0 Å². The van der Waals surface area contributed by atoms with Gasteiger partial charge >= 0.3 is 0 Å². The number of nitrogens with zero attached hydrogens (tertiary/aromatic N) is 2. The van der Waals surface area contributed by atoms with Crippen LogP contribution in [0.15, 0.2) is 34.9 Å². The number of methoxy groups -OCH3 is 1. The Labute approximate surface area is 106 Å². The fourth-order valence-corrected chi connectivity index (χ4v) is 1.50. The van der Waals surface area contributed by atoms with E-state index in [9.17, 15) is 0 Å². The lowest BCUT2D eigenvalue weighted by Gasteiger charge is -2.17. The van der Waals surface area contributed by atoms with Crippen molar-refractivity contribution in [3.8, 4) is 0 Å². The van der Waals surface area contributed by atoms with E-state index >= 15 is 0 Å². The number of aromatic nitrogens is 2. The van der Waals surface area contributed by atoms with Crippen molar-refractivity contribution in [1.82, 2.24) is 10.1 Å². The first kappa shape index (κ1) is 12.7. The third-order valence-electron chi connectivity index (χ3n) is 2.92. The summed E-state index contributed by atoms with van der Waals surface area (Å²) in [6.45, 7) is 3.74. The lowest BCUT2D eigenvalue weighted by molar-refractivity contribution is 0.00973. The molecule has 2 aromatic rings. The van der Waals surface area contributed by atoms with Gasteiger partial charge in [-0.2, -0.15) is 4.98 Å². The van der Waals surface area contributed by atoms with Crippen LogP contribution in [0.3, 0.4) is 0 Å². The summed E-state index contributed by atoms with van der Waals surface area (Å²) in [4.78, 5) is 4.30. The maximum absolute atomic E-state index is 6.08. The maximum atomic E-state index is 6.08. The van der Waals surface area contributed by atoms with E-state index in [1.807, 2.05) is 44.2 Å². The van der Waals surface area contributed by atoms with Gasteiger partial charge in [0.25, 0.3) is 0 Å². The van der Waals surface area contributed by atoms with Crippen LogP contribution < -0.4 is 5.73 Å². The number of benzene rings is 1. The molecule has 1 aromatic carbocycles.